The summed E-state index contributed by atoms with van der Waals surface area (Å²) in [7, 11) is 1.65. The zero-order valence-corrected chi connectivity index (χ0v) is 13.0. The minimum absolute atomic E-state index is 0.133. The summed E-state index contributed by atoms with van der Waals surface area (Å²) < 4.78 is 32.3. The third-order valence-electron chi connectivity index (χ3n) is 3.40. The topological polar surface area (TPSA) is 21.3 Å². The van der Waals surface area contributed by atoms with Gasteiger partial charge in [0, 0.05) is 30.8 Å². The Morgan fingerprint density at radius 3 is 2.35 bits per heavy atom. The third kappa shape index (κ3) is 4.53. The Morgan fingerprint density at radius 1 is 1.25 bits per heavy atom. The van der Waals surface area contributed by atoms with Gasteiger partial charge in [-0.25, -0.2) is 8.78 Å². The molecule has 4 heteroatoms. The lowest BCUT2D eigenvalue weighted by molar-refractivity contribution is 0.140. The second-order valence-electron chi connectivity index (χ2n) is 6.19. The average Bonchev–Trinajstić information content (AvgIpc) is 2.34. The van der Waals surface area contributed by atoms with Crippen molar-refractivity contribution in [3.05, 3.63) is 35.4 Å². The SMILES string of the molecule is CC[C@@H](COC)N[C@@H](c1ccc(F)cc1F)C(C)(C)C. The second-order valence-corrected chi connectivity index (χ2v) is 6.19. The molecule has 2 atom stereocenters. The van der Waals surface area contributed by atoms with E-state index in [1.165, 1.54) is 12.1 Å². The van der Waals surface area contributed by atoms with Crippen molar-refractivity contribution in [3.8, 4) is 0 Å². The highest BCUT2D eigenvalue weighted by Crippen LogP contribution is 2.34. The van der Waals surface area contributed by atoms with Crippen LogP contribution in [0.15, 0.2) is 18.2 Å². The lowest BCUT2D eigenvalue weighted by Gasteiger charge is -2.35. The lowest BCUT2D eigenvalue weighted by atomic mass is 9.81. The molecular formula is C16H25F2NO. The first kappa shape index (κ1) is 17.1. The average molecular weight is 285 g/mol. The van der Waals surface area contributed by atoms with Crippen LogP contribution in [0.5, 0.6) is 0 Å². The minimum Gasteiger partial charge on any atom is -0.383 e. The highest BCUT2D eigenvalue weighted by Gasteiger charge is 2.30. The van der Waals surface area contributed by atoms with Gasteiger partial charge in [0.1, 0.15) is 11.6 Å². The minimum atomic E-state index is -0.553. The Bertz CT molecular complexity index is 429. The van der Waals surface area contributed by atoms with Gasteiger partial charge in [-0.1, -0.05) is 33.8 Å². The zero-order valence-electron chi connectivity index (χ0n) is 13.0. The number of hydrogen-bond donors (Lipinski definition) is 1. The van der Waals surface area contributed by atoms with Crippen LogP contribution >= 0.6 is 0 Å². The van der Waals surface area contributed by atoms with Crippen molar-refractivity contribution in [2.45, 2.75) is 46.2 Å². The van der Waals surface area contributed by atoms with E-state index in [0.717, 1.165) is 12.5 Å². The second kappa shape index (κ2) is 7.14. The number of benzene rings is 1. The van der Waals surface area contributed by atoms with Crippen molar-refractivity contribution in [2.75, 3.05) is 13.7 Å². The van der Waals surface area contributed by atoms with Crippen molar-refractivity contribution < 1.29 is 13.5 Å². The van der Waals surface area contributed by atoms with E-state index in [-0.39, 0.29) is 17.5 Å². The molecule has 0 aliphatic heterocycles. The Morgan fingerprint density at radius 2 is 1.90 bits per heavy atom. The van der Waals surface area contributed by atoms with Crippen LogP contribution in [0.25, 0.3) is 0 Å². The van der Waals surface area contributed by atoms with Crippen molar-refractivity contribution in [1.29, 1.82) is 0 Å². The van der Waals surface area contributed by atoms with Gasteiger partial charge in [-0.05, 0) is 17.9 Å². The summed E-state index contributed by atoms with van der Waals surface area (Å²) in [6.45, 7) is 8.72. The molecule has 2 nitrogen and oxygen atoms in total. The molecule has 0 aliphatic rings. The molecule has 1 aromatic rings. The van der Waals surface area contributed by atoms with E-state index in [2.05, 4.69) is 12.2 Å². The lowest BCUT2D eigenvalue weighted by Crippen LogP contribution is -2.41. The van der Waals surface area contributed by atoms with Crippen molar-refractivity contribution in [2.24, 2.45) is 5.41 Å². The monoisotopic (exact) mass is 285 g/mol. The molecule has 0 spiro atoms. The molecule has 0 aromatic heterocycles. The molecule has 20 heavy (non-hydrogen) atoms. The summed E-state index contributed by atoms with van der Waals surface area (Å²) in [6.07, 6.45) is 0.878. The van der Waals surface area contributed by atoms with Crippen LogP contribution < -0.4 is 5.32 Å². The highest BCUT2D eigenvalue weighted by atomic mass is 19.1. The van der Waals surface area contributed by atoms with Crippen molar-refractivity contribution in [3.63, 3.8) is 0 Å². The van der Waals surface area contributed by atoms with Gasteiger partial charge in [0.15, 0.2) is 0 Å². The van der Waals surface area contributed by atoms with Crippen molar-refractivity contribution >= 4 is 0 Å². The van der Waals surface area contributed by atoms with Gasteiger partial charge >= 0.3 is 0 Å². The molecule has 114 valence electrons. The predicted molar refractivity (Wildman–Crippen MR) is 77.6 cm³/mol. The van der Waals surface area contributed by atoms with E-state index in [0.29, 0.717) is 12.2 Å². The number of nitrogens with one attached hydrogen (secondary N) is 1. The smallest absolute Gasteiger partial charge is 0.130 e. The molecular weight excluding hydrogens is 260 g/mol. The molecule has 1 N–H and O–H groups in total. The molecule has 0 heterocycles. The quantitative estimate of drug-likeness (QED) is 0.851. The molecule has 0 fully saturated rings. The Labute approximate surface area is 120 Å². The first-order valence-electron chi connectivity index (χ1n) is 6.99. The van der Waals surface area contributed by atoms with E-state index in [1.807, 2.05) is 20.8 Å². The first-order valence-corrected chi connectivity index (χ1v) is 6.99. The van der Waals surface area contributed by atoms with Crippen LogP contribution in [0.2, 0.25) is 0 Å². The summed E-state index contributed by atoms with van der Waals surface area (Å²) in [6, 6.07) is 3.69. The van der Waals surface area contributed by atoms with E-state index in [4.69, 9.17) is 4.74 Å². The standard InChI is InChI=1S/C16H25F2NO/c1-6-12(10-20-5)19-15(16(2,3)4)13-8-7-11(17)9-14(13)18/h7-9,12,15,19H,6,10H2,1-5H3/t12-,15-/m0/s1. The maximum Gasteiger partial charge on any atom is 0.130 e. The number of rotatable bonds is 6. The fraction of sp³-hybridized carbons (Fsp3) is 0.625. The largest absolute Gasteiger partial charge is 0.383 e. The summed E-state index contributed by atoms with van der Waals surface area (Å²) >= 11 is 0. The summed E-state index contributed by atoms with van der Waals surface area (Å²) in [5, 5.41) is 3.43. The van der Waals surface area contributed by atoms with Crippen LogP contribution in [0.3, 0.4) is 0 Å². The van der Waals surface area contributed by atoms with Gasteiger partial charge in [0.25, 0.3) is 0 Å². The van der Waals surface area contributed by atoms with E-state index in [9.17, 15) is 8.78 Å². The van der Waals surface area contributed by atoms with Gasteiger partial charge in [-0.2, -0.15) is 0 Å². The zero-order chi connectivity index (χ0) is 15.3. The molecule has 0 saturated heterocycles. The molecule has 1 aromatic carbocycles. The summed E-state index contributed by atoms with van der Waals surface area (Å²) in [5.41, 5.74) is 0.299. The summed E-state index contributed by atoms with van der Waals surface area (Å²) in [4.78, 5) is 0. The predicted octanol–water partition coefficient (Wildman–Crippen LogP) is 4.07. The van der Waals surface area contributed by atoms with E-state index in [1.54, 1.807) is 7.11 Å². The number of hydrogen-bond acceptors (Lipinski definition) is 2. The van der Waals surface area contributed by atoms with Gasteiger partial charge in [0.2, 0.25) is 0 Å². The van der Waals surface area contributed by atoms with E-state index >= 15 is 0 Å². The van der Waals surface area contributed by atoms with Crippen LogP contribution in [-0.4, -0.2) is 19.8 Å². The number of halogens is 2. The Kier molecular flexibility index (Phi) is 6.08. The maximum atomic E-state index is 14.1. The molecule has 0 amide bonds. The molecule has 0 radical (unpaired) electrons. The van der Waals surface area contributed by atoms with E-state index < -0.39 is 11.6 Å². The maximum absolute atomic E-state index is 14.1. The summed E-state index contributed by atoms with van der Waals surface area (Å²) in [5.74, 6) is -1.06. The van der Waals surface area contributed by atoms with Crippen LogP contribution in [0, 0.1) is 17.0 Å². The van der Waals surface area contributed by atoms with Crippen LogP contribution in [0.1, 0.15) is 45.7 Å². The molecule has 0 bridgehead atoms. The van der Waals surface area contributed by atoms with Crippen molar-refractivity contribution in [1.82, 2.24) is 5.32 Å². The van der Waals surface area contributed by atoms with Gasteiger partial charge in [-0.15, -0.1) is 0 Å². The molecule has 0 saturated carbocycles. The fourth-order valence-electron chi connectivity index (χ4n) is 2.26. The third-order valence-corrected chi connectivity index (χ3v) is 3.40. The van der Waals surface area contributed by atoms with Gasteiger partial charge < -0.3 is 10.1 Å². The Hall–Kier alpha value is -1.00. The first-order chi connectivity index (χ1) is 9.29. The normalized spacial score (nSPS) is 15.2. The molecule has 0 unspecified atom stereocenters. The molecule has 0 aliphatic carbocycles. The van der Waals surface area contributed by atoms with Crippen LogP contribution in [-0.2, 0) is 4.74 Å². The Balaban J connectivity index is 3.06. The molecule has 1 rings (SSSR count). The fourth-order valence-corrected chi connectivity index (χ4v) is 2.26. The highest BCUT2D eigenvalue weighted by molar-refractivity contribution is 5.24. The van der Waals surface area contributed by atoms with Crippen LogP contribution in [0.4, 0.5) is 8.78 Å². The van der Waals surface area contributed by atoms with Gasteiger partial charge in [-0.3, -0.25) is 0 Å². The van der Waals surface area contributed by atoms with Gasteiger partial charge in [0.05, 0.1) is 6.61 Å². The number of methoxy groups -OCH3 is 1. The number of ether oxygens (including phenoxy) is 1.